The highest BCUT2D eigenvalue weighted by molar-refractivity contribution is 6.33. The van der Waals surface area contributed by atoms with Crippen molar-refractivity contribution in [2.75, 3.05) is 5.32 Å². The SMILES string of the molecule is O=C(CCc1cccc(OC2CCCC2)c1)Nc1ccccc1Cl. The number of hydrogen-bond donors (Lipinski definition) is 1. The molecule has 1 saturated carbocycles. The van der Waals surface area contributed by atoms with Gasteiger partial charge in [0.05, 0.1) is 16.8 Å². The molecule has 1 aliphatic rings. The van der Waals surface area contributed by atoms with E-state index >= 15 is 0 Å². The zero-order chi connectivity index (χ0) is 16.8. The third-order valence-electron chi connectivity index (χ3n) is 4.29. The Bertz CT molecular complexity index is 696. The summed E-state index contributed by atoms with van der Waals surface area (Å²) in [4.78, 5) is 12.1. The third-order valence-corrected chi connectivity index (χ3v) is 4.62. The highest BCUT2D eigenvalue weighted by Crippen LogP contribution is 2.25. The van der Waals surface area contributed by atoms with Gasteiger partial charge >= 0.3 is 0 Å². The fourth-order valence-electron chi connectivity index (χ4n) is 3.01. The Morgan fingerprint density at radius 2 is 1.92 bits per heavy atom. The van der Waals surface area contributed by atoms with E-state index in [1.54, 1.807) is 12.1 Å². The summed E-state index contributed by atoms with van der Waals surface area (Å²) in [5.41, 5.74) is 1.77. The molecule has 0 saturated heterocycles. The molecule has 0 bridgehead atoms. The number of carbonyl (C=O) groups excluding carboxylic acids is 1. The normalized spacial score (nSPS) is 14.5. The van der Waals surface area contributed by atoms with Crippen molar-refractivity contribution in [2.24, 2.45) is 0 Å². The molecule has 3 nitrogen and oxygen atoms in total. The van der Waals surface area contributed by atoms with Gasteiger partial charge in [-0.3, -0.25) is 4.79 Å². The van der Waals surface area contributed by atoms with Crippen molar-refractivity contribution in [1.29, 1.82) is 0 Å². The lowest BCUT2D eigenvalue weighted by Crippen LogP contribution is -2.13. The number of nitrogens with one attached hydrogen (secondary N) is 1. The summed E-state index contributed by atoms with van der Waals surface area (Å²) in [6, 6.07) is 15.3. The van der Waals surface area contributed by atoms with Crippen LogP contribution in [0.3, 0.4) is 0 Å². The van der Waals surface area contributed by atoms with Gasteiger partial charge in [0.25, 0.3) is 0 Å². The summed E-state index contributed by atoms with van der Waals surface area (Å²) < 4.78 is 6.02. The van der Waals surface area contributed by atoms with Crippen molar-refractivity contribution < 1.29 is 9.53 Å². The van der Waals surface area contributed by atoms with Crippen molar-refractivity contribution in [1.82, 2.24) is 0 Å². The van der Waals surface area contributed by atoms with Gasteiger partial charge in [-0.1, -0.05) is 35.9 Å². The molecule has 1 amide bonds. The van der Waals surface area contributed by atoms with Crippen molar-refractivity contribution in [3.63, 3.8) is 0 Å². The fourth-order valence-corrected chi connectivity index (χ4v) is 3.19. The van der Waals surface area contributed by atoms with Crippen LogP contribution in [0, 0.1) is 0 Å². The Hall–Kier alpha value is -2.00. The summed E-state index contributed by atoms with van der Waals surface area (Å²) >= 11 is 6.06. The van der Waals surface area contributed by atoms with E-state index in [-0.39, 0.29) is 5.91 Å². The molecule has 0 aromatic heterocycles. The second-order valence-electron chi connectivity index (χ2n) is 6.20. The number of halogens is 1. The Morgan fingerprint density at radius 1 is 1.12 bits per heavy atom. The molecular weight excluding hydrogens is 322 g/mol. The quantitative estimate of drug-likeness (QED) is 0.779. The summed E-state index contributed by atoms with van der Waals surface area (Å²) in [6.45, 7) is 0. The topological polar surface area (TPSA) is 38.3 Å². The molecular formula is C20H22ClNO2. The first-order chi connectivity index (χ1) is 11.7. The Labute approximate surface area is 148 Å². The van der Waals surface area contributed by atoms with Gasteiger partial charge < -0.3 is 10.1 Å². The predicted molar refractivity (Wildman–Crippen MR) is 97.7 cm³/mol. The van der Waals surface area contributed by atoms with Crippen molar-refractivity contribution in [3.8, 4) is 5.75 Å². The van der Waals surface area contributed by atoms with Crippen LogP contribution < -0.4 is 10.1 Å². The maximum atomic E-state index is 12.1. The maximum Gasteiger partial charge on any atom is 0.224 e. The number of hydrogen-bond acceptors (Lipinski definition) is 2. The lowest BCUT2D eigenvalue weighted by molar-refractivity contribution is -0.116. The van der Waals surface area contributed by atoms with E-state index in [2.05, 4.69) is 5.32 Å². The number of benzene rings is 2. The summed E-state index contributed by atoms with van der Waals surface area (Å²) in [5, 5.41) is 3.41. The molecule has 2 aromatic rings. The molecule has 0 unspecified atom stereocenters. The molecule has 0 radical (unpaired) electrons. The number of amides is 1. The number of anilines is 1. The van der Waals surface area contributed by atoms with Crippen LogP contribution in [0.5, 0.6) is 5.75 Å². The highest BCUT2D eigenvalue weighted by Gasteiger charge is 2.16. The zero-order valence-corrected chi connectivity index (χ0v) is 14.4. The van der Waals surface area contributed by atoms with Crippen molar-refractivity contribution >= 4 is 23.2 Å². The van der Waals surface area contributed by atoms with Gasteiger partial charge in [-0.2, -0.15) is 0 Å². The fraction of sp³-hybridized carbons (Fsp3) is 0.350. The predicted octanol–water partition coefficient (Wildman–Crippen LogP) is 5.23. The van der Waals surface area contributed by atoms with Crippen LogP contribution in [-0.2, 0) is 11.2 Å². The van der Waals surface area contributed by atoms with E-state index in [0.29, 0.717) is 29.7 Å². The summed E-state index contributed by atoms with van der Waals surface area (Å²) in [6.07, 6.45) is 6.24. The van der Waals surface area contributed by atoms with Crippen LogP contribution in [0.15, 0.2) is 48.5 Å². The van der Waals surface area contributed by atoms with E-state index in [4.69, 9.17) is 16.3 Å². The van der Waals surface area contributed by atoms with E-state index in [9.17, 15) is 4.79 Å². The van der Waals surface area contributed by atoms with Crippen LogP contribution in [0.1, 0.15) is 37.7 Å². The van der Waals surface area contributed by atoms with Crippen molar-refractivity contribution in [2.45, 2.75) is 44.6 Å². The first-order valence-corrected chi connectivity index (χ1v) is 8.88. The molecule has 1 N–H and O–H groups in total. The molecule has 0 aliphatic heterocycles. The van der Waals surface area contributed by atoms with Gasteiger partial charge in [-0.25, -0.2) is 0 Å². The molecule has 126 valence electrons. The first-order valence-electron chi connectivity index (χ1n) is 8.51. The van der Waals surface area contributed by atoms with Crippen molar-refractivity contribution in [3.05, 3.63) is 59.1 Å². The summed E-state index contributed by atoms with van der Waals surface area (Å²) in [7, 11) is 0. The van der Waals surface area contributed by atoms with E-state index < -0.39 is 0 Å². The molecule has 4 heteroatoms. The number of para-hydroxylation sites is 1. The smallest absolute Gasteiger partial charge is 0.224 e. The monoisotopic (exact) mass is 343 g/mol. The standard InChI is InChI=1S/C20H22ClNO2/c21-18-10-3-4-11-19(18)22-20(23)13-12-15-6-5-9-17(14-15)24-16-7-1-2-8-16/h3-6,9-11,14,16H,1-2,7-8,12-13H2,(H,22,23). The number of rotatable bonds is 6. The van der Waals surface area contributed by atoms with Crippen LogP contribution in [0.2, 0.25) is 5.02 Å². The van der Waals surface area contributed by atoms with E-state index in [0.717, 1.165) is 24.2 Å². The molecule has 1 fully saturated rings. The minimum atomic E-state index is -0.0368. The van der Waals surface area contributed by atoms with Gasteiger partial charge in [-0.05, 0) is 61.9 Å². The molecule has 0 atom stereocenters. The second kappa shape index (κ2) is 8.20. The lowest BCUT2D eigenvalue weighted by atomic mass is 10.1. The average Bonchev–Trinajstić information content (AvgIpc) is 3.08. The molecule has 2 aromatic carbocycles. The number of ether oxygens (including phenoxy) is 1. The second-order valence-corrected chi connectivity index (χ2v) is 6.61. The van der Waals surface area contributed by atoms with Crippen LogP contribution >= 0.6 is 11.6 Å². The number of carbonyl (C=O) groups is 1. The molecule has 1 aliphatic carbocycles. The lowest BCUT2D eigenvalue weighted by Gasteiger charge is -2.14. The first kappa shape index (κ1) is 16.8. The third kappa shape index (κ3) is 4.75. The summed E-state index contributed by atoms with van der Waals surface area (Å²) in [5.74, 6) is 0.871. The van der Waals surface area contributed by atoms with Gasteiger partial charge in [0.2, 0.25) is 5.91 Å². The minimum Gasteiger partial charge on any atom is -0.490 e. The Kier molecular flexibility index (Phi) is 5.76. The molecule has 0 spiro atoms. The molecule has 0 heterocycles. The zero-order valence-electron chi connectivity index (χ0n) is 13.6. The number of aryl methyl sites for hydroxylation is 1. The van der Waals surface area contributed by atoms with Gasteiger partial charge in [0, 0.05) is 6.42 Å². The van der Waals surface area contributed by atoms with Gasteiger partial charge in [0.15, 0.2) is 0 Å². The molecule has 3 rings (SSSR count). The Balaban J connectivity index is 1.52. The minimum absolute atomic E-state index is 0.0368. The highest BCUT2D eigenvalue weighted by atomic mass is 35.5. The Morgan fingerprint density at radius 3 is 2.71 bits per heavy atom. The van der Waals surface area contributed by atoms with Crippen LogP contribution in [0.25, 0.3) is 0 Å². The van der Waals surface area contributed by atoms with Gasteiger partial charge in [-0.15, -0.1) is 0 Å². The van der Waals surface area contributed by atoms with Crippen LogP contribution in [0.4, 0.5) is 5.69 Å². The van der Waals surface area contributed by atoms with E-state index in [1.165, 1.54) is 12.8 Å². The largest absolute Gasteiger partial charge is 0.490 e. The van der Waals surface area contributed by atoms with E-state index in [1.807, 2.05) is 36.4 Å². The van der Waals surface area contributed by atoms with Gasteiger partial charge in [0.1, 0.15) is 5.75 Å². The van der Waals surface area contributed by atoms with Crippen LogP contribution in [-0.4, -0.2) is 12.0 Å². The average molecular weight is 344 g/mol. The molecule has 24 heavy (non-hydrogen) atoms. The maximum absolute atomic E-state index is 12.1.